The average Bonchev–Trinajstić information content (AvgIpc) is 2.40. The monoisotopic (exact) mass is 332 g/mol. The van der Waals surface area contributed by atoms with Gasteiger partial charge in [0.1, 0.15) is 0 Å². The fraction of sp³-hybridized carbons (Fsp3) is 0.462. The smallest absolute Gasteiger partial charge is 0.338 e. The summed E-state index contributed by atoms with van der Waals surface area (Å²) in [5, 5.41) is 23.0. The Hall–Kier alpha value is -1.47. The van der Waals surface area contributed by atoms with E-state index in [0.29, 0.717) is 0 Å². The summed E-state index contributed by atoms with van der Waals surface area (Å²) in [7, 11) is 0. The van der Waals surface area contributed by atoms with E-state index in [0.717, 1.165) is 30.1 Å². The standard InChI is InChI=1S/C13H17ClN2O4S/c1-3-21-5-4-8(2)15-12-10(13(17)18)6-9(16(19)20)7-11(12)14/h6-8,15H,3-5H2,1-2H3,(H,17,18). The molecular weight excluding hydrogens is 316 g/mol. The van der Waals surface area contributed by atoms with Gasteiger partial charge in [-0.2, -0.15) is 11.8 Å². The Balaban J connectivity index is 3.00. The van der Waals surface area contributed by atoms with Gasteiger partial charge in [-0.1, -0.05) is 18.5 Å². The fourth-order valence-corrected chi connectivity index (χ4v) is 2.81. The third-order valence-electron chi connectivity index (χ3n) is 2.81. The summed E-state index contributed by atoms with van der Waals surface area (Å²) < 4.78 is 0. The van der Waals surface area contributed by atoms with Crippen LogP contribution in [0.25, 0.3) is 0 Å². The zero-order valence-electron chi connectivity index (χ0n) is 11.8. The van der Waals surface area contributed by atoms with Gasteiger partial charge in [0, 0.05) is 18.2 Å². The first kappa shape index (κ1) is 17.6. The second-order valence-corrected chi connectivity index (χ2v) is 6.24. The SMILES string of the molecule is CCSCCC(C)Nc1c(Cl)cc([N+](=O)[O-])cc1C(=O)O. The first-order chi connectivity index (χ1) is 9.86. The minimum Gasteiger partial charge on any atom is -0.478 e. The fourth-order valence-electron chi connectivity index (χ4n) is 1.74. The van der Waals surface area contributed by atoms with Gasteiger partial charge in [0.25, 0.3) is 5.69 Å². The number of nitrogens with one attached hydrogen (secondary N) is 1. The third kappa shape index (κ3) is 5.09. The molecule has 1 atom stereocenters. The van der Waals surface area contributed by atoms with Gasteiger partial charge in [-0.3, -0.25) is 10.1 Å². The summed E-state index contributed by atoms with van der Waals surface area (Å²) in [6.07, 6.45) is 0.838. The number of anilines is 1. The molecule has 6 nitrogen and oxygen atoms in total. The number of benzene rings is 1. The number of nitro benzene ring substituents is 1. The van der Waals surface area contributed by atoms with E-state index in [2.05, 4.69) is 12.2 Å². The molecule has 0 saturated heterocycles. The summed E-state index contributed by atoms with van der Waals surface area (Å²) in [6, 6.07) is 2.19. The van der Waals surface area contributed by atoms with Crippen LogP contribution in [0.5, 0.6) is 0 Å². The molecule has 0 bridgehead atoms. The van der Waals surface area contributed by atoms with Gasteiger partial charge in [-0.05, 0) is 24.9 Å². The molecule has 1 unspecified atom stereocenters. The molecule has 2 N–H and O–H groups in total. The van der Waals surface area contributed by atoms with Crippen molar-refractivity contribution in [3.05, 3.63) is 32.8 Å². The highest BCUT2D eigenvalue weighted by Crippen LogP contribution is 2.32. The zero-order chi connectivity index (χ0) is 16.0. The molecule has 0 radical (unpaired) electrons. The van der Waals surface area contributed by atoms with Crippen molar-refractivity contribution in [2.45, 2.75) is 26.3 Å². The number of carboxylic acid groups (broad SMARTS) is 1. The summed E-state index contributed by atoms with van der Waals surface area (Å²) in [6.45, 7) is 3.98. The Labute approximate surface area is 132 Å². The minimum absolute atomic E-state index is 0.0149. The average molecular weight is 333 g/mol. The maximum absolute atomic E-state index is 11.3. The van der Waals surface area contributed by atoms with E-state index < -0.39 is 10.9 Å². The molecule has 0 aromatic heterocycles. The molecule has 1 aromatic carbocycles. The van der Waals surface area contributed by atoms with Crippen LogP contribution in [-0.4, -0.2) is 33.5 Å². The van der Waals surface area contributed by atoms with Crippen molar-refractivity contribution in [3.63, 3.8) is 0 Å². The molecule has 116 valence electrons. The number of carboxylic acids is 1. The van der Waals surface area contributed by atoms with E-state index in [4.69, 9.17) is 11.6 Å². The highest BCUT2D eigenvalue weighted by Gasteiger charge is 2.21. The van der Waals surface area contributed by atoms with Crippen molar-refractivity contribution in [2.24, 2.45) is 0 Å². The number of thioether (sulfide) groups is 1. The van der Waals surface area contributed by atoms with Crippen LogP contribution in [0, 0.1) is 10.1 Å². The first-order valence-corrected chi connectivity index (χ1v) is 7.95. The number of non-ortho nitro benzene ring substituents is 1. The second kappa shape index (κ2) is 8.09. The van der Waals surface area contributed by atoms with Crippen molar-refractivity contribution in [1.29, 1.82) is 0 Å². The molecule has 1 aromatic rings. The van der Waals surface area contributed by atoms with Gasteiger partial charge in [0.05, 0.1) is 21.2 Å². The van der Waals surface area contributed by atoms with Crippen molar-refractivity contribution in [3.8, 4) is 0 Å². The Morgan fingerprint density at radius 2 is 2.24 bits per heavy atom. The minimum atomic E-state index is -1.25. The highest BCUT2D eigenvalue weighted by atomic mass is 35.5. The maximum atomic E-state index is 11.3. The Kier molecular flexibility index (Phi) is 6.77. The molecule has 0 aliphatic carbocycles. The predicted molar refractivity (Wildman–Crippen MR) is 85.8 cm³/mol. The van der Waals surface area contributed by atoms with E-state index in [1.165, 1.54) is 0 Å². The van der Waals surface area contributed by atoms with Gasteiger partial charge < -0.3 is 10.4 Å². The second-order valence-electron chi connectivity index (χ2n) is 4.44. The van der Waals surface area contributed by atoms with E-state index in [1.807, 2.05) is 6.92 Å². The van der Waals surface area contributed by atoms with Crippen LogP contribution in [0.2, 0.25) is 5.02 Å². The zero-order valence-corrected chi connectivity index (χ0v) is 13.3. The van der Waals surface area contributed by atoms with Crippen LogP contribution in [0.15, 0.2) is 12.1 Å². The molecule has 1 rings (SSSR count). The molecule has 0 saturated carbocycles. The lowest BCUT2D eigenvalue weighted by Gasteiger charge is -2.17. The molecule has 0 amide bonds. The number of hydrogen-bond donors (Lipinski definition) is 2. The normalized spacial score (nSPS) is 12.0. The number of carbonyl (C=O) groups is 1. The molecule has 0 aliphatic heterocycles. The van der Waals surface area contributed by atoms with E-state index in [-0.39, 0.29) is 28.0 Å². The number of halogens is 1. The molecule has 0 aliphatic rings. The first-order valence-electron chi connectivity index (χ1n) is 6.42. The van der Waals surface area contributed by atoms with Gasteiger partial charge >= 0.3 is 5.97 Å². The lowest BCUT2D eigenvalue weighted by atomic mass is 10.1. The number of hydrogen-bond acceptors (Lipinski definition) is 5. The maximum Gasteiger partial charge on any atom is 0.338 e. The molecule has 21 heavy (non-hydrogen) atoms. The summed E-state index contributed by atoms with van der Waals surface area (Å²) in [5.74, 6) is 0.710. The predicted octanol–water partition coefficient (Wildman–Crippen LogP) is 3.89. The molecule has 0 fully saturated rings. The molecule has 0 heterocycles. The number of aromatic carboxylic acids is 1. The van der Waals surface area contributed by atoms with Gasteiger partial charge in [-0.15, -0.1) is 0 Å². The number of nitrogens with zero attached hydrogens (tertiary/aromatic N) is 1. The number of rotatable bonds is 8. The van der Waals surface area contributed by atoms with Crippen molar-refractivity contribution in [2.75, 3.05) is 16.8 Å². The Bertz CT molecular complexity index is 539. The summed E-state index contributed by atoms with van der Waals surface area (Å²) in [4.78, 5) is 21.4. The van der Waals surface area contributed by atoms with Gasteiger partial charge in [0.15, 0.2) is 0 Å². The quantitative estimate of drug-likeness (QED) is 0.426. The van der Waals surface area contributed by atoms with E-state index in [1.54, 1.807) is 11.8 Å². The Morgan fingerprint density at radius 1 is 1.57 bits per heavy atom. The number of nitro groups is 1. The van der Waals surface area contributed by atoms with Crippen LogP contribution < -0.4 is 5.32 Å². The van der Waals surface area contributed by atoms with Crippen LogP contribution in [0.1, 0.15) is 30.6 Å². The van der Waals surface area contributed by atoms with Crippen molar-refractivity contribution < 1.29 is 14.8 Å². The van der Waals surface area contributed by atoms with Crippen molar-refractivity contribution in [1.82, 2.24) is 0 Å². The lowest BCUT2D eigenvalue weighted by Crippen LogP contribution is -2.18. The van der Waals surface area contributed by atoms with E-state index in [9.17, 15) is 20.0 Å². The molecule has 0 spiro atoms. The van der Waals surface area contributed by atoms with Crippen LogP contribution in [-0.2, 0) is 0 Å². The Morgan fingerprint density at radius 3 is 2.76 bits per heavy atom. The third-order valence-corrected chi connectivity index (χ3v) is 4.04. The summed E-state index contributed by atoms with van der Waals surface area (Å²) in [5.41, 5.74) is -0.301. The molecule has 8 heteroatoms. The molecular formula is C13H17ClN2O4S. The van der Waals surface area contributed by atoms with Gasteiger partial charge in [0.2, 0.25) is 0 Å². The van der Waals surface area contributed by atoms with E-state index >= 15 is 0 Å². The summed E-state index contributed by atoms with van der Waals surface area (Å²) >= 11 is 7.78. The topological polar surface area (TPSA) is 92.5 Å². The van der Waals surface area contributed by atoms with Crippen LogP contribution >= 0.6 is 23.4 Å². The van der Waals surface area contributed by atoms with Crippen LogP contribution in [0.4, 0.5) is 11.4 Å². The van der Waals surface area contributed by atoms with Crippen molar-refractivity contribution >= 4 is 40.7 Å². The largest absolute Gasteiger partial charge is 0.478 e. The van der Waals surface area contributed by atoms with Gasteiger partial charge in [-0.25, -0.2) is 4.79 Å². The lowest BCUT2D eigenvalue weighted by molar-refractivity contribution is -0.384. The highest BCUT2D eigenvalue weighted by molar-refractivity contribution is 7.99. The van der Waals surface area contributed by atoms with Crippen LogP contribution in [0.3, 0.4) is 0 Å².